The zero-order valence-corrected chi connectivity index (χ0v) is 21.4. The maximum Gasteiger partial charge on any atom is 0.433 e. The summed E-state index contributed by atoms with van der Waals surface area (Å²) in [6.45, 7) is 1.81. The van der Waals surface area contributed by atoms with Gasteiger partial charge in [-0.25, -0.2) is 8.42 Å². The van der Waals surface area contributed by atoms with Crippen LogP contribution in [-0.4, -0.2) is 26.4 Å². The molecule has 0 bridgehead atoms. The molecule has 0 spiro atoms. The smallest absolute Gasteiger partial charge is 0.433 e. The van der Waals surface area contributed by atoms with Gasteiger partial charge in [0.25, 0.3) is 15.9 Å². The first-order valence-corrected chi connectivity index (χ1v) is 12.8. The largest absolute Gasteiger partial charge is 0.497 e. The second-order valence-corrected chi connectivity index (χ2v) is 9.97. The van der Waals surface area contributed by atoms with Gasteiger partial charge in [-0.2, -0.15) is 13.2 Å². The zero-order valence-electron chi connectivity index (χ0n) is 20.6. The number of benzene rings is 3. The van der Waals surface area contributed by atoms with Gasteiger partial charge in [-0.1, -0.05) is 17.7 Å². The number of carbonyl (C=O) groups excluding carboxylic acids is 1. The van der Waals surface area contributed by atoms with Crippen LogP contribution in [0.3, 0.4) is 0 Å². The van der Waals surface area contributed by atoms with Gasteiger partial charge >= 0.3 is 6.18 Å². The van der Waals surface area contributed by atoms with E-state index in [0.29, 0.717) is 17.6 Å². The highest BCUT2D eigenvalue weighted by Crippen LogP contribution is 2.33. The number of nitrogens with one attached hydrogen (secondary N) is 2. The minimum Gasteiger partial charge on any atom is -0.497 e. The van der Waals surface area contributed by atoms with Crippen LogP contribution in [-0.2, 0) is 16.2 Å². The van der Waals surface area contributed by atoms with Gasteiger partial charge in [-0.15, -0.1) is 0 Å². The van der Waals surface area contributed by atoms with Crippen LogP contribution in [0.25, 0.3) is 0 Å². The molecule has 0 aliphatic rings. The second-order valence-electron chi connectivity index (χ2n) is 8.29. The molecule has 8 nitrogen and oxygen atoms in total. The van der Waals surface area contributed by atoms with E-state index < -0.39 is 27.8 Å². The van der Waals surface area contributed by atoms with Crippen molar-refractivity contribution in [2.24, 2.45) is 0 Å². The van der Waals surface area contributed by atoms with E-state index in [1.807, 2.05) is 6.92 Å². The number of alkyl halides is 3. The van der Waals surface area contributed by atoms with Gasteiger partial charge in [0.2, 0.25) is 0 Å². The maximum absolute atomic E-state index is 13.1. The quantitative estimate of drug-likeness (QED) is 0.265. The normalized spacial score (nSPS) is 11.5. The van der Waals surface area contributed by atoms with Gasteiger partial charge < -0.3 is 14.8 Å². The van der Waals surface area contributed by atoms with E-state index in [1.165, 1.54) is 37.4 Å². The van der Waals surface area contributed by atoms with E-state index in [2.05, 4.69) is 15.0 Å². The molecule has 0 atom stereocenters. The molecule has 4 rings (SSSR count). The number of aryl methyl sites for hydroxylation is 1. The van der Waals surface area contributed by atoms with Crippen LogP contribution in [0.2, 0.25) is 0 Å². The number of amides is 1. The molecule has 0 saturated carbocycles. The molecule has 0 aliphatic carbocycles. The van der Waals surface area contributed by atoms with Gasteiger partial charge in [0.05, 0.1) is 28.9 Å². The Bertz CT molecular complexity index is 1570. The molecular formula is C27H22F3N3O5S. The van der Waals surface area contributed by atoms with Gasteiger partial charge in [0.15, 0.2) is 0 Å². The summed E-state index contributed by atoms with van der Waals surface area (Å²) in [5.74, 6) is 0.507. The van der Waals surface area contributed by atoms with Crippen LogP contribution in [0, 0.1) is 6.92 Å². The minimum absolute atomic E-state index is 0.0150. The monoisotopic (exact) mass is 557 g/mol. The Labute approximate surface area is 222 Å². The third kappa shape index (κ3) is 6.85. The van der Waals surface area contributed by atoms with Crippen LogP contribution in [0.1, 0.15) is 21.6 Å². The number of ether oxygens (including phenoxy) is 2. The number of pyridine rings is 1. The number of nitrogens with zero attached hydrogens (tertiary/aromatic N) is 1. The lowest BCUT2D eigenvalue weighted by atomic mass is 10.2. The lowest BCUT2D eigenvalue weighted by Gasteiger charge is -2.16. The van der Waals surface area contributed by atoms with Crippen molar-refractivity contribution in [1.82, 2.24) is 4.98 Å². The molecule has 0 saturated heterocycles. The highest BCUT2D eigenvalue weighted by Gasteiger charge is 2.32. The minimum atomic E-state index is -4.66. The molecule has 4 aromatic rings. The summed E-state index contributed by atoms with van der Waals surface area (Å²) < 4.78 is 78.1. The molecule has 12 heteroatoms. The van der Waals surface area contributed by atoms with Crippen LogP contribution in [0.5, 0.6) is 17.2 Å². The molecule has 3 aromatic carbocycles. The average molecular weight is 558 g/mol. The number of halogens is 3. The van der Waals surface area contributed by atoms with E-state index in [0.717, 1.165) is 17.8 Å². The SMILES string of the molecule is COc1ccc(Oc2ccc(NC(=O)c3ccc(C(F)(F)F)nc3)c(NS(=O)(=O)c3ccc(C)cc3)c2)cc1. The lowest BCUT2D eigenvalue weighted by molar-refractivity contribution is -0.141. The lowest BCUT2D eigenvalue weighted by Crippen LogP contribution is -2.18. The number of sulfonamides is 1. The van der Waals surface area contributed by atoms with Crippen LogP contribution in [0.15, 0.2) is 90.0 Å². The van der Waals surface area contributed by atoms with Crippen molar-refractivity contribution in [3.8, 4) is 17.2 Å². The first kappa shape index (κ1) is 27.5. The molecule has 0 aliphatic heterocycles. The number of hydrogen-bond donors (Lipinski definition) is 2. The number of methoxy groups -OCH3 is 1. The molecule has 0 radical (unpaired) electrons. The van der Waals surface area contributed by atoms with E-state index >= 15 is 0 Å². The predicted octanol–water partition coefficient (Wildman–Crippen LogP) is 6.26. The van der Waals surface area contributed by atoms with Crippen molar-refractivity contribution in [1.29, 1.82) is 0 Å². The summed E-state index contributed by atoms with van der Waals surface area (Å²) >= 11 is 0. The third-order valence-electron chi connectivity index (χ3n) is 5.43. The molecule has 1 heterocycles. The molecule has 1 aromatic heterocycles. The fraction of sp³-hybridized carbons (Fsp3) is 0.111. The Kier molecular flexibility index (Phi) is 7.77. The Hall–Kier alpha value is -4.58. The highest BCUT2D eigenvalue weighted by molar-refractivity contribution is 7.92. The molecule has 2 N–H and O–H groups in total. The summed E-state index contributed by atoms with van der Waals surface area (Å²) in [4.78, 5) is 16.1. The Balaban J connectivity index is 1.65. The Morgan fingerprint density at radius 1 is 0.846 bits per heavy atom. The van der Waals surface area contributed by atoms with Crippen molar-refractivity contribution in [2.45, 2.75) is 18.0 Å². The van der Waals surface area contributed by atoms with Crippen LogP contribution in [0.4, 0.5) is 24.5 Å². The van der Waals surface area contributed by atoms with E-state index in [-0.39, 0.29) is 27.6 Å². The summed E-state index contributed by atoms with van der Waals surface area (Å²) in [5, 5.41) is 2.52. The summed E-state index contributed by atoms with van der Waals surface area (Å²) in [6.07, 6.45) is -3.87. The fourth-order valence-corrected chi connectivity index (χ4v) is 4.44. The van der Waals surface area contributed by atoms with Crippen LogP contribution >= 0.6 is 0 Å². The number of hydrogen-bond acceptors (Lipinski definition) is 6. The predicted molar refractivity (Wildman–Crippen MR) is 139 cm³/mol. The Morgan fingerprint density at radius 3 is 2.08 bits per heavy atom. The summed E-state index contributed by atoms with van der Waals surface area (Å²) in [6, 6.07) is 18.7. The molecular weight excluding hydrogens is 535 g/mol. The summed E-state index contributed by atoms with van der Waals surface area (Å²) in [7, 11) is -2.56. The van der Waals surface area contributed by atoms with Crippen molar-refractivity contribution in [3.05, 3.63) is 102 Å². The zero-order chi connectivity index (χ0) is 28.2. The highest BCUT2D eigenvalue weighted by atomic mass is 32.2. The van der Waals surface area contributed by atoms with E-state index in [4.69, 9.17) is 9.47 Å². The van der Waals surface area contributed by atoms with Crippen LogP contribution < -0.4 is 19.5 Å². The molecule has 202 valence electrons. The van der Waals surface area contributed by atoms with Crippen molar-refractivity contribution in [2.75, 3.05) is 17.1 Å². The van der Waals surface area contributed by atoms with Crippen molar-refractivity contribution in [3.63, 3.8) is 0 Å². The number of aromatic nitrogens is 1. The number of carbonyl (C=O) groups is 1. The average Bonchev–Trinajstić information content (AvgIpc) is 2.90. The standard InChI is InChI=1S/C27H22F3N3O5S/c1-17-3-11-22(12-4-17)39(35,36)33-24-15-21(38-20-8-6-19(37-2)7-9-20)10-13-23(24)32-26(34)18-5-14-25(31-16-18)27(28,29)30/h3-16,33H,1-2H3,(H,32,34). The molecule has 39 heavy (non-hydrogen) atoms. The topological polar surface area (TPSA) is 107 Å². The van der Waals surface area contributed by atoms with Gasteiger partial charge in [0.1, 0.15) is 22.9 Å². The third-order valence-corrected chi connectivity index (χ3v) is 6.81. The van der Waals surface area contributed by atoms with Gasteiger partial charge in [-0.3, -0.25) is 14.5 Å². The van der Waals surface area contributed by atoms with E-state index in [1.54, 1.807) is 36.4 Å². The van der Waals surface area contributed by atoms with Gasteiger partial charge in [0, 0.05) is 12.3 Å². The Morgan fingerprint density at radius 2 is 1.49 bits per heavy atom. The van der Waals surface area contributed by atoms with Crippen molar-refractivity contribution >= 4 is 27.3 Å². The molecule has 0 unspecified atom stereocenters. The number of rotatable bonds is 8. The van der Waals surface area contributed by atoms with Gasteiger partial charge in [-0.05, 0) is 67.6 Å². The number of anilines is 2. The maximum atomic E-state index is 13.1. The van der Waals surface area contributed by atoms with Crippen molar-refractivity contribution < 1.29 is 35.9 Å². The fourth-order valence-electron chi connectivity index (χ4n) is 3.37. The second kappa shape index (κ2) is 11.0. The first-order chi connectivity index (χ1) is 18.4. The van der Waals surface area contributed by atoms with E-state index in [9.17, 15) is 26.4 Å². The first-order valence-electron chi connectivity index (χ1n) is 11.3. The molecule has 0 fully saturated rings. The molecule has 1 amide bonds. The summed E-state index contributed by atoms with van der Waals surface area (Å²) in [5.41, 5.74) is -0.436.